The van der Waals surface area contributed by atoms with Crippen LogP contribution >= 0.6 is 0 Å². The quantitative estimate of drug-likeness (QED) is 0.744. The molecule has 0 saturated heterocycles. The van der Waals surface area contributed by atoms with Gasteiger partial charge in [-0.3, -0.25) is 9.78 Å². The molecule has 6 nitrogen and oxygen atoms in total. The lowest BCUT2D eigenvalue weighted by Gasteiger charge is -2.18. The summed E-state index contributed by atoms with van der Waals surface area (Å²) >= 11 is 0. The van der Waals surface area contributed by atoms with Gasteiger partial charge in [0.05, 0.1) is 6.26 Å². The lowest BCUT2D eigenvalue weighted by Crippen LogP contribution is -2.19. The standard InChI is InChI=1S/C14H17N3O3/c1-9(7-12(18)13-3-2-6-20-13)17-10-4-5-16-11(8-10)14(15)19/h2-6,8-9,12,18H,7H2,1H3,(H2,15,19)(H,16,17). The number of furan rings is 1. The number of anilines is 1. The molecule has 2 heterocycles. The monoisotopic (exact) mass is 275 g/mol. The molecule has 0 bridgehead atoms. The van der Waals surface area contributed by atoms with Crippen LogP contribution in [0.1, 0.15) is 35.7 Å². The van der Waals surface area contributed by atoms with Crippen LogP contribution in [-0.2, 0) is 0 Å². The van der Waals surface area contributed by atoms with E-state index in [1.54, 1.807) is 24.3 Å². The third-order valence-electron chi connectivity index (χ3n) is 2.87. The van der Waals surface area contributed by atoms with Crippen molar-refractivity contribution in [1.82, 2.24) is 4.98 Å². The van der Waals surface area contributed by atoms with Crippen LogP contribution in [0.5, 0.6) is 0 Å². The molecule has 2 rings (SSSR count). The SMILES string of the molecule is CC(CC(O)c1ccco1)Nc1ccnc(C(N)=O)c1. The predicted molar refractivity (Wildman–Crippen MR) is 74.1 cm³/mol. The molecule has 2 aromatic heterocycles. The molecule has 106 valence electrons. The van der Waals surface area contributed by atoms with Crippen LogP contribution in [0.4, 0.5) is 5.69 Å². The van der Waals surface area contributed by atoms with Gasteiger partial charge in [-0.25, -0.2) is 0 Å². The molecule has 0 aliphatic heterocycles. The zero-order valence-electron chi connectivity index (χ0n) is 11.1. The Morgan fingerprint density at radius 3 is 3.00 bits per heavy atom. The van der Waals surface area contributed by atoms with Gasteiger partial charge in [0.25, 0.3) is 5.91 Å². The Morgan fingerprint density at radius 1 is 1.55 bits per heavy atom. The molecule has 0 saturated carbocycles. The van der Waals surface area contributed by atoms with E-state index in [0.29, 0.717) is 12.2 Å². The first-order valence-corrected chi connectivity index (χ1v) is 6.30. The number of amides is 1. The normalized spacial score (nSPS) is 13.7. The topological polar surface area (TPSA) is 101 Å². The van der Waals surface area contributed by atoms with E-state index >= 15 is 0 Å². The van der Waals surface area contributed by atoms with E-state index in [2.05, 4.69) is 10.3 Å². The van der Waals surface area contributed by atoms with Crippen molar-refractivity contribution >= 4 is 11.6 Å². The van der Waals surface area contributed by atoms with Gasteiger partial charge in [-0.1, -0.05) is 0 Å². The summed E-state index contributed by atoms with van der Waals surface area (Å²) < 4.78 is 5.15. The second-order valence-corrected chi connectivity index (χ2v) is 4.61. The first-order valence-electron chi connectivity index (χ1n) is 6.30. The van der Waals surface area contributed by atoms with Gasteiger partial charge >= 0.3 is 0 Å². The highest BCUT2D eigenvalue weighted by atomic mass is 16.4. The Labute approximate surface area is 116 Å². The van der Waals surface area contributed by atoms with E-state index in [1.807, 2.05) is 6.92 Å². The number of nitrogens with zero attached hydrogens (tertiary/aromatic N) is 1. The number of carbonyl (C=O) groups is 1. The van der Waals surface area contributed by atoms with Crippen LogP contribution in [0.2, 0.25) is 0 Å². The summed E-state index contributed by atoms with van der Waals surface area (Å²) in [4.78, 5) is 14.9. The average Bonchev–Trinajstić information content (AvgIpc) is 2.92. The smallest absolute Gasteiger partial charge is 0.267 e. The first-order chi connectivity index (χ1) is 9.56. The van der Waals surface area contributed by atoms with Gasteiger partial charge in [-0.15, -0.1) is 0 Å². The summed E-state index contributed by atoms with van der Waals surface area (Å²) in [7, 11) is 0. The molecule has 0 aliphatic rings. The number of primary amides is 1. The maximum Gasteiger partial charge on any atom is 0.267 e. The van der Waals surface area contributed by atoms with E-state index in [-0.39, 0.29) is 11.7 Å². The number of aromatic nitrogens is 1. The van der Waals surface area contributed by atoms with Crippen LogP contribution in [0.15, 0.2) is 41.1 Å². The number of nitrogens with two attached hydrogens (primary N) is 1. The maximum absolute atomic E-state index is 11.1. The first kappa shape index (κ1) is 14.1. The van der Waals surface area contributed by atoms with Crippen molar-refractivity contribution in [3.8, 4) is 0 Å². The molecule has 0 spiro atoms. The molecule has 0 aliphatic carbocycles. The van der Waals surface area contributed by atoms with Crippen molar-refractivity contribution in [2.75, 3.05) is 5.32 Å². The number of pyridine rings is 1. The zero-order valence-corrected chi connectivity index (χ0v) is 11.1. The Bertz CT molecular complexity index is 569. The largest absolute Gasteiger partial charge is 0.467 e. The molecule has 0 aromatic carbocycles. The van der Waals surface area contributed by atoms with Crippen LogP contribution in [0.3, 0.4) is 0 Å². The number of aliphatic hydroxyl groups excluding tert-OH is 1. The van der Waals surface area contributed by atoms with Crippen molar-refractivity contribution in [1.29, 1.82) is 0 Å². The summed E-state index contributed by atoms with van der Waals surface area (Å²) in [5, 5.41) is 13.2. The van der Waals surface area contributed by atoms with E-state index < -0.39 is 12.0 Å². The highest BCUT2D eigenvalue weighted by molar-refractivity contribution is 5.91. The predicted octanol–water partition coefficient (Wildman–Crippen LogP) is 1.70. The third kappa shape index (κ3) is 3.58. The van der Waals surface area contributed by atoms with Crippen LogP contribution < -0.4 is 11.1 Å². The van der Waals surface area contributed by atoms with E-state index in [4.69, 9.17) is 10.2 Å². The molecule has 2 aromatic rings. The van der Waals surface area contributed by atoms with Gasteiger partial charge in [0.2, 0.25) is 0 Å². The number of aliphatic hydroxyl groups is 1. The Balaban J connectivity index is 1.96. The van der Waals surface area contributed by atoms with E-state index in [1.165, 1.54) is 12.5 Å². The van der Waals surface area contributed by atoms with Crippen LogP contribution in [0, 0.1) is 0 Å². The number of carbonyl (C=O) groups excluding carboxylic acids is 1. The molecule has 6 heteroatoms. The highest BCUT2D eigenvalue weighted by Gasteiger charge is 2.15. The van der Waals surface area contributed by atoms with Gasteiger partial charge < -0.3 is 20.6 Å². The second kappa shape index (κ2) is 6.21. The van der Waals surface area contributed by atoms with Gasteiger partial charge in [-0.05, 0) is 31.2 Å². The molecule has 0 radical (unpaired) electrons. The fourth-order valence-corrected chi connectivity index (χ4v) is 1.93. The Morgan fingerprint density at radius 2 is 2.35 bits per heavy atom. The summed E-state index contributed by atoms with van der Waals surface area (Å²) in [5.74, 6) is -0.0388. The van der Waals surface area contributed by atoms with Crippen LogP contribution in [0.25, 0.3) is 0 Å². The Kier molecular flexibility index (Phi) is 4.37. The van der Waals surface area contributed by atoms with Gasteiger partial charge in [0.15, 0.2) is 0 Å². The summed E-state index contributed by atoms with van der Waals surface area (Å²) in [5.41, 5.74) is 6.11. The molecule has 2 unspecified atom stereocenters. The number of hydrogen-bond acceptors (Lipinski definition) is 5. The molecule has 4 N–H and O–H groups in total. The van der Waals surface area contributed by atoms with Gasteiger partial charge in [0, 0.05) is 24.3 Å². The molecular formula is C14H17N3O3. The number of nitrogens with one attached hydrogen (secondary N) is 1. The average molecular weight is 275 g/mol. The third-order valence-corrected chi connectivity index (χ3v) is 2.87. The fraction of sp³-hybridized carbons (Fsp3) is 0.286. The minimum absolute atomic E-state index is 0.0155. The van der Waals surface area contributed by atoms with Crippen molar-refractivity contribution in [3.05, 3.63) is 48.2 Å². The van der Waals surface area contributed by atoms with Crippen molar-refractivity contribution in [2.45, 2.75) is 25.5 Å². The minimum atomic E-state index is -0.676. The summed E-state index contributed by atoms with van der Waals surface area (Å²) in [6, 6.07) is 6.77. The minimum Gasteiger partial charge on any atom is -0.467 e. The lowest BCUT2D eigenvalue weighted by molar-refractivity contribution is 0.0995. The molecule has 1 amide bonds. The summed E-state index contributed by atoms with van der Waals surface area (Å²) in [6.45, 7) is 1.93. The van der Waals surface area contributed by atoms with Gasteiger partial charge in [-0.2, -0.15) is 0 Å². The zero-order chi connectivity index (χ0) is 14.5. The Hall–Kier alpha value is -2.34. The molecule has 0 fully saturated rings. The van der Waals surface area contributed by atoms with Crippen molar-refractivity contribution in [3.63, 3.8) is 0 Å². The van der Waals surface area contributed by atoms with Crippen molar-refractivity contribution < 1.29 is 14.3 Å². The molecule has 20 heavy (non-hydrogen) atoms. The fourth-order valence-electron chi connectivity index (χ4n) is 1.93. The van der Waals surface area contributed by atoms with Crippen molar-refractivity contribution in [2.24, 2.45) is 5.73 Å². The summed E-state index contributed by atoms with van der Waals surface area (Å²) in [6.07, 6.45) is 2.84. The molecular weight excluding hydrogens is 258 g/mol. The second-order valence-electron chi connectivity index (χ2n) is 4.61. The molecule has 2 atom stereocenters. The maximum atomic E-state index is 11.1. The highest BCUT2D eigenvalue weighted by Crippen LogP contribution is 2.20. The van der Waals surface area contributed by atoms with E-state index in [9.17, 15) is 9.90 Å². The number of rotatable bonds is 6. The lowest BCUT2D eigenvalue weighted by atomic mass is 10.1. The van der Waals surface area contributed by atoms with Crippen LogP contribution in [-0.4, -0.2) is 22.0 Å². The number of hydrogen-bond donors (Lipinski definition) is 3. The van der Waals surface area contributed by atoms with E-state index in [0.717, 1.165) is 5.69 Å². The van der Waals surface area contributed by atoms with Gasteiger partial charge in [0.1, 0.15) is 17.6 Å².